The number of aliphatic hydroxyl groups is 2. The second-order valence-corrected chi connectivity index (χ2v) is 13.8. The van der Waals surface area contributed by atoms with Crippen molar-refractivity contribution in [1.29, 1.82) is 0 Å². The van der Waals surface area contributed by atoms with Crippen LogP contribution in [-0.2, 0) is 9.59 Å². The molecule has 1 aliphatic heterocycles. The minimum absolute atomic E-state index is 0.0848. The van der Waals surface area contributed by atoms with Crippen LogP contribution in [-0.4, -0.2) is 64.9 Å². The van der Waals surface area contributed by atoms with E-state index in [1.165, 1.54) is 44.9 Å². The average molecular weight is 565 g/mol. The fourth-order valence-electron chi connectivity index (χ4n) is 9.42. The molecule has 0 aromatic heterocycles. The van der Waals surface area contributed by atoms with E-state index in [9.17, 15) is 19.8 Å². The van der Waals surface area contributed by atoms with Gasteiger partial charge in [0.1, 0.15) is 18.0 Å². The Balaban J connectivity index is 1.32. The van der Waals surface area contributed by atoms with E-state index in [0.717, 1.165) is 49.0 Å². The summed E-state index contributed by atoms with van der Waals surface area (Å²) in [5, 5.41) is 24.1. The van der Waals surface area contributed by atoms with Crippen molar-refractivity contribution in [3.8, 4) is 5.75 Å². The number of para-hydroxylation sites is 1. The molecule has 7 nitrogen and oxygen atoms in total. The van der Waals surface area contributed by atoms with Crippen molar-refractivity contribution in [3.63, 3.8) is 0 Å². The van der Waals surface area contributed by atoms with Gasteiger partial charge >= 0.3 is 0 Å². The molecule has 5 aliphatic carbocycles. The lowest BCUT2D eigenvalue weighted by Gasteiger charge is -2.58. The number of fused-ring (bicyclic) bond motifs is 3. The second-order valence-electron chi connectivity index (χ2n) is 13.8. The third kappa shape index (κ3) is 5.69. The molecular weight excluding hydrogens is 516 g/mol. The average Bonchev–Trinajstić information content (AvgIpc) is 3.34. The van der Waals surface area contributed by atoms with Gasteiger partial charge in [0.25, 0.3) is 0 Å². The van der Waals surface area contributed by atoms with Crippen LogP contribution in [0.4, 0.5) is 0 Å². The number of amides is 2. The maximum absolute atomic E-state index is 14.1. The molecule has 4 bridgehead atoms. The van der Waals surface area contributed by atoms with Crippen LogP contribution in [0.25, 0.3) is 0 Å². The van der Waals surface area contributed by atoms with Crippen LogP contribution in [0.5, 0.6) is 5.75 Å². The lowest BCUT2D eigenvalue weighted by Crippen LogP contribution is -2.59. The Morgan fingerprint density at radius 2 is 1.71 bits per heavy atom. The fraction of sp³-hybridized carbons (Fsp3) is 0.706. The maximum atomic E-state index is 14.1. The predicted octanol–water partition coefficient (Wildman–Crippen LogP) is 4.71. The van der Waals surface area contributed by atoms with Gasteiger partial charge in [-0.25, -0.2) is 0 Å². The molecule has 2 amide bonds. The van der Waals surface area contributed by atoms with Gasteiger partial charge in [0.05, 0.1) is 18.6 Å². The summed E-state index contributed by atoms with van der Waals surface area (Å²) in [7, 11) is 0. The van der Waals surface area contributed by atoms with Crippen LogP contribution in [0.1, 0.15) is 95.5 Å². The van der Waals surface area contributed by atoms with Gasteiger partial charge in [0, 0.05) is 30.6 Å². The number of nitrogens with one attached hydrogen (secondary N) is 1. The summed E-state index contributed by atoms with van der Waals surface area (Å²) in [5.41, 5.74) is 1.51. The number of hydrogen-bond acceptors (Lipinski definition) is 5. The number of carbonyl (C=O) groups is 2. The Labute approximate surface area is 244 Å². The Bertz CT molecular complexity index is 1110. The summed E-state index contributed by atoms with van der Waals surface area (Å²) >= 11 is 0. The van der Waals surface area contributed by atoms with Crippen molar-refractivity contribution in [2.24, 2.45) is 23.2 Å². The van der Waals surface area contributed by atoms with Gasteiger partial charge in [-0.2, -0.15) is 0 Å². The lowest BCUT2D eigenvalue weighted by molar-refractivity contribution is -0.145. The molecule has 0 saturated heterocycles. The van der Waals surface area contributed by atoms with E-state index >= 15 is 0 Å². The highest BCUT2D eigenvalue weighted by molar-refractivity contribution is 5.96. The van der Waals surface area contributed by atoms with E-state index in [4.69, 9.17) is 4.74 Å². The number of rotatable bonds is 12. The van der Waals surface area contributed by atoms with Crippen molar-refractivity contribution < 1.29 is 24.5 Å². The number of benzene rings is 1. The summed E-state index contributed by atoms with van der Waals surface area (Å²) in [6.45, 7) is 2.84. The first-order valence-electron chi connectivity index (χ1n) is 16.2. The lowest BCUT2D eigenvalue weighted by atomic mass is 9.49. The highest BCUT2D eigenvalue weighted by Gasteiger charge is 2.55. The Hall–Kier alpha value is -2.38. The Morgan fingerprint density at radius 1 is 1.02 bits per heavy atom. The molecule has 7 rings (SSSR count). The molecule has 6 aliphatic rings. The third-order valence-electron chi connectivity index (χ3n) is 10.7. The fourth-order valence-corrected chi connectivity index (χ4v) is 9.42. The van der Waals surface area contributed by atoms with E-state index in [1.807, 2.05) is 35.2 Å². The van der Waals surface area contributed by atoms with Crippen molar-refractivity contribution >= 4 is 11.8 Å². The summed E-state index contributed by atoms with van der Waals surface area (Å²) in [5.74, 6) is 2.36. The maximum Gasteiger partial charge on any atom is 0.247 e. The largest absolute Gasteiger partial charge is 0.486 e. The number of nitrogens with zero attached hydrogens (tertiary/aromatic N) is 1. The van der Waals surface area contributed by atoms with E-state index in [-0.39, 0.29) is 30.4 Å². The Morgan fingerprint density at radius 3 is 2.39 bits per heavy atom. The molecule has 4 unspecified atom stereocenters. The van der Waals surface area contributed by atoms with Crippen LogP contribution < -0.4 is 10.1 Å². The summed E-state index contributed by atoms with van der Waals surface area (Å²) in [6.07, 6.45) is 13.6. The summed E-state index contributed by atoms with van der Waals surface area (Å²) in [4.78, 5) is 29.6. The molecule has 41 heavy (non-hydrogen) atoms. The van der Waals surface area contributed by atoms with Crippen molar-refractivity contribution in [1.82, 2.24) is 10.2 Å². The molecule has 4 atom stereocenters. The first-order valence-corrected chi connectivity index (χ1v) is 16.2. The molecule has 1 aromatic rings. The molecule has 0 radical (unpaired) electrons. The van der Waals surface area contributed by atoms with E-state index in [1.54, 1.807) is 0 Å². The van der Waals surface area contributed by atoms with Crippen molar-refractivity contribution in [3.05, 3.63) is 41.5 Å². The molecular formula is C34H48N2O5. The number of unbranched alkanes of at least 4 members (excludes halogenated alkanes) is 4. The zero-order valence-electron chi connectivity index (χ0n) is 24.6. The van der Waals surface area contributed by atoms with Crippen molar-refractivity contribution in [2.75, 3.05) is 19.7 Å². The monoisotopic (exact) mass is 564 g/mol. The molecule has 4 saturated carbocycles. The zero-order chi connectivity index (χ0) is 28.6. The molecule has 7 heteroatoms. The van der Waals surface area contributed by atoms with Crippen LogP contribution in [0, 0.1) is 23.2 Å². The van der Waals surface area contributed by atoms with Gasteiger partial charge in [-0.1, -0.05) is 50.8 Å². The standard InChI is InChI=1S/C34H48N2O5/c1-2-3-4-5-6-11-29(38)36(21-34-18-22-14-23(19-34)16-24(15-22)20-34)27-17-26(33(40)35-12-13-37)30-25-9-7-8-10-28(25)41-32(30)31(27)39/h7-10,17,22-24,27,30-32,37,39H,2-6,11-16,18-21H2,1H3,(H,35,40). The topological polar surface area (TPSA) is 99.1 Å². The SMILES string of the molecule is CCCCCCCC(=O)N(CC12CC3CC(CC(C3)C1)C2)C1C=C(C(=O)NCCO)C2c3ccccc3OC2C1O. The van der Waals surface area contributed by atoms with E-state index in [0.29, 0.717) is 24.3 Å². The zero-order valence-corrected chi connectivity index (χ0v) is 24.6. The van der Waals surface area contributed by atoms with Crippen LogP contribution in [0.15, 0.2) is 35.9 Å². The molecule has 224 valence electrons. The van der Waals surface area contributed by atoms with Crippen molar-refractivity contribution in [2.45, 2.75) is 108 Å². The second kappa shape index (κ2) is 12.1. The highest BCUT2D eigenvalue weighted by Crippen LogP contribution is 2.60. The quantitative estimate of drug-likeness (QED) is 0.319. The minimum atomic E-state index is -0.945. The number of hydrogen-bond donors (Lipinski definition) is 3. The van der Waals surface area contributed by atoms with E-state index in [2.05, 4.69) is 12.2 Å². The van der Waals surface area contributed by atoms with Crippen LogP contribution >= 0.6 is 0 Å². The van der Waals surface area contributed by atoms with Gasteiger partial charge < -0.3 is 25.2 Å². The number of carbonyl (C=O) groups excluding carboxylic acids is 2. The number of ether oxygens (including phenoxy) is 1. The molecule has 0 spiro atoms. The summed E-state index contributed by atoms with van der Waals surface area (Å²) < 4.78 is 6.33. The minimum Gasteiger partial charge on any atom is -0.486 e. The van der Waals surface area contributed by atoms with Crippen LogP contribution in [0.3, 0.4) is 0 Å². The van der Waals surface area contributed by atoms with Crippen LogP contribution in [0.2, 0.25) is 0 Å². The highest BCUT2D eigenvalue weighted by atomic mass is 16.5. The van der Waals surface area contributed by atoms with E-state index < -0.39 is 24.2 Å². The molecule has 1 aromatic carbocycles. The van der Waals surface area contributed by atoms with Gasteiger partial charge in [-0.05, 0) is 80.3 Å². The molecule has 4 fully saturated rings. The molecule has 1 heterocycles. The van der Waals surface area contributed by atoms with Gasteiger partial charge in [0.2, 0.25) is 11.8 Å². The molecule has 3 N–H and O–H groups in total. The summed E-state index contributed by atoms with van der Waals surface area (Å²) in [6, 6.07) is 7.03. The van der Waals surface area contributed by atoms with Gasteiger partial charge in [-0.15, -0.1) is 0 Å². The normalized spacial score (nSPS) is 34.4. The predicted molar refractivity (Wildman–Crippen MR) is 157 cm³/mol. The first kappa shape index (κ1) is 28.7. The third-order valence-corrected chi connectivity index (χ3v) is 10.7. The van der Waals surface area contributed by atoms with Gasteiger partial charge in [0.15, 0.2) is 0 Å². The smallest absolute Gasteiger partial charge is 0.247 e. The van der Waals surface area contributed by atoms with Gasteiger partial charge in [-0.3, -0.25) is 9.59 Å². The number of aliphatic hydroxyl groups excluding tert-OH is 2. The first-order chi connectivity index (χ1) is 19.9. The Kier molecular flexibility index (Phi) is 8.46.